The third-order valence-corrected chi connectivity index (χ3v) is 3.16. The fraction of sp³-hybridized carbons (Fsp3) is 0.250. The summed E-state index contributed by atoms with van der Waals surface area (Å²) in [7, 11) is 3.98. The SMILES string of the molecule is CN(C)c1nc(-c2cscn2)cs1. The summed E-state index contributed by atoms with van der Waals surface area (Å²) in [6.45, 7) is 0. The second-order valence-corrected chi connectivity index (χ2v) is 4.34. The quantitative estimate of drug-likeness (QED) is 0.763. The lowest BCUT2D eigenvalue weighted by atomic mass is 10.4. The molecule has 2 heterocycles. The zero-order valence-electron chi connectivity index (χ0n) is 7.39. The molecule has 2 aromatic rings. The van der Waals surface area contributed by atoms with Gasteiger partial charge in [0.05, 0.1) is 5.51 Å². The van der Waals surface area contributed by atoms with Crippen molar-refractivity contribution in [2.75, 3.05) is 19.0 Å². The van der Waals surface area contributed by atoms with Crippen LogP contribution in [-0.4, -0.2) is 24.1 Å². The van der Waals surface area contributed by atoms with E-state index in [1.54, 1.807) is 22.7 Å². The highest BCUT2D eigenvalue weighted by molar-refractivity contribution is 7.14. The molecule has 0 aliphatic carbocycles. The molecule has 13 heavy (non-hydrogen) atoms. The number of aromatic nitrogens is 2. The average molecular weight is 211 g/mol. The van der Waals surface area contributed by atoms with Crippen molar-refractivity contribution in [2.24, 2.45) is 0 Å². The smallest absolute Gasteiger partial charge is 0.185 e. The van der Waals surface area contributed by atoms with E-state index in [2.05, 4.69) is 9.97 Å². The molecule has 0 unspecified atom stereocenters. The second kappa shape index (κ2) is 3.43. The predicted molar refractivity (Wildman–Crippen MR) is 57.5 cm³/mol. The summed E-state index contributed by atoms with van der Waals surface area (Å²) in [5.41, 5.74) is 3.76. The maximum absolute atomic E-state index is 4.44. The summed E-state index contributed by atoms with van der Waals surface area (Å²) >= 11 is 3.23. The Bertz CT molecular complexity index is 378. The number of anilines is 1. The Labute approximate surface area is 84.7 Å². The van der Waals surface area contributed by atoms with Gasteiger partial charge in [-0.1, -0.05) is 0 Å². The van der Waals surface area contributed by atoms with Crippen molar-refractivity contribution in [2.45, 2.75) is 0 Å². The lowest BCUT2D eigenvalue weighted by Gasteiger charge is -2.04. The highest BCUT2D eigenvalue weighted by atomic mass is 32.1. The van der Waals surface area contributed by atoms with Crippen LogP contribution < -0.4 is 4.90 Å². The van der Waals surface area contributed by atoms with Gasteiger partial charge in [-0.3, -0.25) is 0 Å². The van der Waals surface area contributed by atoms with Crippen LogP contribution in [0.4, 0.5) is 5.13 Å². The first-order valence-corrected chi connectivity index (χ1v) is 5.61. The molecule has 3 nitrogen and oxygen atoms in total. The van der Waals surface area contributed by atoms with Crippen molar-refractivity contribution in [1.29, 1.82) is 0 Å². The Hall–Kier alpha value is -0.940. The Morgan fingerprint density at radius 1 is 1.23 bits per heavy atom. The third kappa shape index (κ3) is 1.71. The minimum atomic E-state index is 0.967. The van der Waals surface area contributed by atoms with Crippen molar-refractivity contribution < 1.29 is 0 Å². The number of thiazole rings is 2. The van der Waals surface area contributed by atoms with E-state index >= 15 is 0 Å². The first kappa shape index (κ1) is 8.65. The van der Waals surface area contributed by atoms with E-state index in [0.29, 0.717) is 0 Å². The molecule has 0 N–H and O–H groups in total. The zero-order chi connectivity index (χ0) is 9.26. The molecule has 0 atom stereocenters. The molecule has 68 valence electrons. The molecule has 0 aromatic carbocycles. The van der Waals surface area contributed by atoms with Crippen LogP contribution in [0.1, 0.15) is 0 Å². The van der Waals surface area contributed by atoms with E-state index < -0.39 is 0 Å². The lowest BCUT2D eigenvalue weighted by Crippen LogP contribution is -2.07. The van der Waals surface area contributed by atoms with Gasteiger partial charge in [0, 0.05) is 24.9 Å². The second-order valence-electron chi connectivity index (χ2n) is 2.78. The molecule has 0 radical (unpaired) electrons. The largest absolute Gasteiger partial charge is 0.354 e. The summed E-state index contributed by atoms with van der Waals surface area (Å²) in [6.07, 6.45) is 0. The molecule has 0 bridgehead atoms. The molecule has 0 spiro atoms. The van der Waals surface area contributed by atoms with Crippen molar-refractivity contribution >= 4 is 27.8 Å². The number of nitrogens with zero attached hydrogens (tertiary/aromatic N) is 3. The maximum Gasteiger partial charge on any atom is 0.185 e. The van der Waals surface area contributed by atoms with Crippen molar-refractivity contribution in [3.63, 3.8) is 0 Å². The van der Waals surface area contributed by atoms with Gasteiger partial charge in [0.2, 0.25) is 0 Å². The van der Waals surface area contributed by atoms with Gasteiger partial charge in [-0.2, -0.15) is 0 Å². The topological polar surface area (TPSA) is 29.0 Å². The number of hydrogen-bond acceptors (Lipinski definition) is 5. The van der Waals surface area contributed by atoms with Crippen LogP contribution in [0.3, 0.4) is 0 Å². The van der Waals surface area contributed by atoms with Crippen LogP contribution in [-0.2, 0) is 0 Å². The highest BCUT2D eigenvalue weighted by Crippen LogP contribution is 2.25. The van der Waals surface area contributed by atoms with Crippen LogP contribution in [0.15, 0.2) is 16.3 Å². The summed E-state index contributed by atoms with van der Waals surface area (Å²) in [6, 6.07) is 0. The molecule has 0 saturated carbocycles. The van der Waals surface area contributed by atoms with Crippen molar-refractivity contribution in [1.82, 2.24) is 9.97 Å². The third-order valence-electron chi connectivity index (χ3n) is 1.57. The fourth-order valence-corrected chi connectivity index (χ4v) is 2.22. The monoisotopic (exact) mass is 211 g/mol. The van der Waals surface area contributed by atoms with Crippen LogP contribution in [0.25, 0.3) is 11.4 Å². The van der Waals surface area contributed by atoms with Crippen LogP contribution in [0.5, 0.6) is 0 Å². The van der Waals surface area contributed by atoms with Crippen LogP contribution >= 0.6 is 22.7 Å². The Balaban J connectivity index is 2.33. The van der Waals surface area contributed by atoms with Crippen molar-refractivity contribution in [3.8, 4) is 11.4 Å². The van der Waals surface area contributed by atoms with E-state index in [9.17, 15) is 0 Å². The van der Waals surface area contributed by atoms with Gasteiger partial charge in [-0.05, 0) is 0 Å². The highest BCUT2D eigenvalue weighted by Gasteiger charge is 2.06. The summed E-state index contributed by atoms with van der Waals surface area (Å²) in [5, 5.41) is 5.06. The molecule has 2 rings (SSSR count). The minimum absolute atomic E-state index is 0.967. The summed E-state index contributed by atoms with van der Waals surface area (Å²) < 4.78 is 0. The molecule has 0 aliphatic rings. The molecule has 0 saturated heterocycles. The summed E-state index contributed by atoms with van der Waals surface area (Å²) in [4.78, 5) is 10.6. The van der Waals surface area contributed by atoms with Gasteiger partial charge in [0.1, 0.15) is 11.4 Å². The molecule has 0 aliphatic heterocycles. The van der Waals surface area contributed by atoms with Crippen LogP contribution in [0, 0.1) is 0 Å². The molecule has 0 fully saturated rings. The maximum atomic E-state index is 4.44. The van der Waals surface area contributed by atoms with E-state index in [1.165, 1.54) is 0 Å². The summed E-state index contributed by atoms with van der Waals surface area (Å²) in [5.74, 6) is 0. The average Bonchev–Trinajstić information content (AvgIpc) is 2.75. The Kier molecular flexibility index (Phi) is 2.28. The Morgan fingerprint density at radius 2 is 2.08 bits per heavy atom. The van der Waals surface area contributed by atoms with Gasteiger partial charge in [-0.15, -0.1) is 22.7 Å². The first-order valence-electron chi connectivity index (χ1n) is 3.79. The van der Waals surface area contributed by atoms with Gasteiger partial charge < -0.3 is 4.90 Å². The molecule has 0 amide bonds. The van der Waals surface area contributed by atoms with Gasteiger partial charge >= 0.3 is 0 Å². The number of hydrogen-bond donors (Lipinski definition) is 0. The molecule has 5 heteroatoms. The van der Waals surface area contributed by atoms with Crippen molar-refractivity contribution in [3.05, 3.63) is 16.3 Å². The van der Waals surface area contributed by atoms with E-state index in [1.807, 2.05) is 35.3 Å². The van der Waals surface area contributed by atoms with E-state index in [4.69, 9.17) is 0 Å². The van der Waals surface area contributed by atoms with Gasteiger partial charge in [-0.25, -0.2) is 9.97 Å². The van der Waals surface area contributed by atoms with Gasteiger partial charge in [0.15, 0.2) is 5.13 Å². The zero-order valence-corrected chi connectivity index (χ0v) is 9.02. The first-order chi connectivity index (χ1) is 6.27. The molecular formula is C8H9N3S2. The van der Waals surface area contributed by atoms with E-state index in [0.717, 1.165) is 16.5 Å². The van der Waals surface area contributed by atoms with Gasteiger partial charge in [0.25, 0.3) is 0 Å². The predicted octanol–water partition coefficient (Wildman–Crippen LogP) is 2.33. The van der Waals surface area contributed by atoms with Crippen LogP contribution in [0.2, 0.25) is 0 Å². The standard InChI is InChI=1S/C8H9N3S2/c1-11(2)8-10-7(4-13-8)6-3-12-5-9-6/h3-5H,1-2H3. The number of rotatable bonds is 2. The lowest BCUT2D eigenvalue weighted by molar-refractivity contribution is 1.10. The molecular weight excluding hydrogens is 202 g/mol. The minimum Gasteiger partial charge on any atom is -0.354 e. The fourth-order valence-electron chi connectivity index (χ4n) is 0.926. The normalized spacial score (nSPS) is 10.3. The van der Waals surface area contributed by atoms with E-state index in [-0.39, 0.29) is 0 Å². The Morgan fingerprint density at radius 3 is 2.62 bits per heavy atom. The molecule has 2 aromatic heterocycles.